The summed E-state index contributed by atoms with van der Waals surface area (Å²) in [5.41, 5.74) is 0.527. The van der Waals surface area contributed by atoms with Gasteiger partial charge in [0.25, 0.3) is 0 Å². The van der Waals surface area contributed by atoms with Gasteiger partial charge >= 0.3 is 0 Å². The van der Waals surface area contributed by atoms with Gasteiger partial charge in [-0.05, 0) is 18.3 Å². The molecule has 1 spiro atoms. The first kappa shape index (κ1) is 13.0. The van der Waals surface area contributed by atoms with Crippen molar-refractivity contribution in [3.63, 3.8) is 0 Å². The van der Waals surface area contributed by atoms with Crippen molar-refractivity contribution in [2.75, 3.05) is 18.8 Å². The molecule has 2 heterocycles. The molecule has 5 nitrogen and oxygen atoms in total. The third-order valence-electron chi connectivity index (χ3n) is 4.17. The Morgan fingerprint density at radius 3 is 2.89 bits per heavy atom. The fourth-order valence-electron chi connectivity index (χ4n) is 2.90. The number of amidine groups is 1. The fourth-order valence-corrected chi connectivity index (χ4v) is 4.08. The lowest BCUT2D eigenvalue weighted by Gasteiger charge is -2.31. The molecule has 104 valence electrons. The molecule has 0 unspecified atom stereocenters. The molecular weight excluding hydrogens is 258 g/mol. The summed E-state index contributed by atoms with van der Waals surface area (Å²) in [6.45, 7) is 1.90. The summed E-state index contributed by atoms with van der Waals surface area (Å²) in [6.07, 6.45) is 8.16. The van der Waals surface area contributed by atoms with E-state index in [9.17, 15) is 0 Å². The average molecular weight is 279 g/mol. The molecule has 0 amide bonds. The minimum atomic E-state index is 0.527. The van der Waals surface area contributed by atoms with Crippen LogP contribution in [0.1, 0.15) is 31.5 Å². The SMILES string of the molecule is Cn1cnnc1CCNC1=NCC2(CCCC2)CS1. The van der Waals surface area contributed by atoms with E-state index in [1.807, 2.05) is 23.4 Å². The number of rotatable bonds is 3. The quantitative estimate of drug-likeness (QED) is 0.913. The maximum absolute atomic E-state index is 4.73. The molecular formula is C13H21N5S. The highest BCUT2D eigenvalue weighted by Crippen LogP contribution is 2.43. The zero-order valence-electron chi connectivity index (χ0n) is 11.4. The predicted molar refractivity (Wildman–Crippen MR) is 78.4 cm³/mol. The Morgan fingerprint density at radius 2 is 2.26 bits per heavy atom. The van der Waals surface area contributed by atoms with E-state index in [1.54, 1.807) is 6.33 Å². The van der Waals surface area contributed by atoms with Gasteiger partial charge in [-0.15, -0.1) is 10.2 Å². The third kappa shape index (κ3) is 2.94. The molecule has 0 radical (unpaired) electrons. The zero-order valence-corrected chi connectivity index (χ0v) is 12.2. The number of nitrogens with zero attached hydrogens (tertiary/aromatic N) is 4. The molecule has 19 heavy (non-hydrogen) atoms. The van der Waals surface area contributed by atoms with Crippen LogP contribution in [0.2, 0.25) is 0 Å². The van der Waals surface area contributed by atoms with E-state index < -0.39 is 0 Å². The van der Waals surface area contributed by atoms with Crippen LogP contribution in [0, 0.1) is 5.41 Å². The van der Waals surface area contributed by atoms with Crippen LogP contribution in [0.4, 0.5) is 0 Å². The van der Waals surface area contributed by atoms with Crippen molar-refractivity contribution in [2.45, 2.75) is 32.1 Å². The van der Waals surface area contributed by atoms with Crippen molar-refractivity contribution < 1.29 is 0 Å². The second kappa shape index (κ2) is 5.53. The monoisotopic (exact) mass is 279 g/mol. The van der Waals surface area contributed by atoms with Gasteiger partial charge in [0.05, 0.1) is 0 Å². The minimum absolute atomic E-state index is 0.527. The summed E-state index contributed by atoms with van der Waals surface area (Å²) >= 11 is 1.90. The van der Waals surface area contributed by atoms with Crippen molar-refractivity contribution in [3.8, 4) is 0 Å². The minimum Gasteiger partial charge on any atom is -0.364 e. The fraction of sp³-hybridized carbons (Fsp3) is 0.769. The number of thioether (sulfide) groups is 1. The second-order valence-electron chi connectivity index (χ2n) is 5.65. The van der Waals surface area contributed by atoms with Crippen LogP contribution in [0.3, 0.4) is 0 Å². The maximum Gasteiger partial charge on any atom is 0.156 e. The lowest BCUT2D eigenvalue weighted by atomic mass is 9.89. The summed E-state index contributed by atoms with van der Waals surface area (Å²) in [4.78, 5) is 4.73. The van der Waals surface area contributed by atoms with E-state index in [0.29, 0.717) is 5.41 Å². The van der Waals surface area contributed by atoms with E-state index in [4.69, 9.17) is 4.99 Å². The van der Waals surface area contributed by atoms with Crippen LogP contribution in [0.25, 0.3) is 0 Å². The molecule has 2 aliphatic rings. The normalized spacial score (nSPS) is 21.6. The lowest BCUT2D eigenvalue weighted by Crippen LogP contribution is -2.34. The molecule has 1 aliphatic heterocycles. The van der Waals surface area contributed by atoms with E-state index in [0.717, 1.165) is 30.5 Å². The van der Waals surface area contributed by atoms with Crippen LogP contribution in [0.5, 0.6) is 0 Å². The molecule has 0 atom stereocenters. The number of aromatic nitrogens is 3. The van der Waals surface area contributed by atoms with Crippen LogP contribution in [-0.4, -0.2) is 38.8 Å². The number of aliphatic imine (C=N–C) groups is 1. The lowest BCUT2D eigenvalue weighted by molar-refractivity contribution is 0.358. The maximum atomic E-state index is 4.73. The van der Waals surface area contributed by atoms with E-state index in [1.165, 1.54) is 31.4 Å². The molecule has 0 aromatic carbocycles. The Kier molecular flexibility index (Phi) is 3.77. The first-order valence-corrected chi connectivity index (χ1v) is 8.00. The topological polar surface area (TPSA) is 55.1 Å². The molecule has 6 heteroatoms. The molecule has 1 aromatic heterocycles. The van der Waals surface area contributed by atoms with Gasteiger partial charge in [-0.1, -0.05) is 24.6 Å². The standard InChI is InChI=1S/C13H21N5S/c1-18-10-16-17-11(18)4-7-14-12-15-8-13(9-19-12)5-2-3-6-13/h10H,2-9H2,1H3,(H,14,15). The van der Waals surface area contributed by atoms with Gasteiger partial charge < -0.3 is 9.88 Å². The van der Waals surface area contributed by atoms with Gasteiger partial charge in [0.15, 0.2) is 5.17 Å². The molecule has 3 rings (SSSR count). The summed E-state index contributed by atoms with van der Waals surface area (Å²) in [6, 6.07) is 0. The van der Waals surface area contributed by atoms with Crippen LogP contribution in [-0.2, 0) is 13.5 Å². The Bertz CT molecular complexity index is 461. The van der Waals surface area contributed by atoms with Crippen molar-refractivity contribution in [1.82, 2.24) is 20.1 Å². The molecule has 1 saturated carbocycles. The van der Waals surface area contributed by atoms with Gasteiger partial charge in [0.1, 0.15) is 12.2 Å². The first-order chi connectivity index (χ1) is 9.27. The Balaban J connectivity index is 1.46. The Labute approximate surface area is 118 Å². The highest BCUT2D eigenvalue weighted by molar-refractivity contribution is 8.13. The Hall–Kier alpha value is -1.04. The van der Waals surface area contributed by atoms with E-state index in [-0.39, 0.29) is 0 Å². The molecule has 1 aromatic rings. The van der Waals surface area contributed by atoms with Gasteiger partial charge in [-0.2, -0.15) is 0 Å². The van der Waals surface area contributed by atoms with Gasteiger partial charge in [-0.3, -0.25) is 4.99 Å². The summed E-state index contributed by atoms with van der Waals surface area (Å²) in [7, 11) is 1.98. The molecule has 0 bridgehead atoms. The van der Waals surface area contributed by atoms with Crippen molar-refractivity contribution in [2.24, 2.45) is 17.5 Å². The van der Waals surface area contributed by atoms with Gasteiger partial charge in [0.2, 0.25) is 0 Å². The van der Waals surface area contributed by atoms with Crippen LogP contribution in [0.15, 0.2) is 11.3 Å². The number of hydrogen-bond donors (Lipinski definition) is 1. The van der Waals surface area contributed by atoms with Crippen molar-refractivity contribution in [3.05, 3.63) is 12.2 Å². The number of nitrogens with one attached hydrogen (secondary N) is 1. The average Bonchev–Trinajstić information content (AvgIpc) is 3.03. The molecule has 1 N–H and O–H groups in total. The number of aryl methyl sites for hydroxylation is 1. The second-order valence-corrected chi connectivity index (χ2v) is 6.62. The predicted octanol–water partition coefficient (Wildman–Crippen LogP) is 1.61. The summed E-state index contributed by atoms with van der Waals surface area (Å²) in [5.74, 6) is 2.25. The molecule has 0 saturated heterocycles. The number of hydrogen-bond acceptors (Lipinski definition) is 5. The van der Waals surface area contributed by atoms with Crippen molar-refractivity contribution >= 4 is 16.9 Å². The first-order valence-electron chi connectivity index (χ1n) is 7.01. The zero-order chi connectivity index (χ0) is 13.1. The van der Waals surface area contributed by atoms with Gasteiger partial charge in [0, 0.05) is 32.3 Å². The Morgan fingerprint density at radius 1 is 1.42 bits per heavy atom. The third-order valence-corrected chi connectivity index (χ3v) is 5.47. The molecule has 1 fully saturated rings. The molecule has 1 aliphatic carbocycles. The summed E-state index contributed by atoms with van der Waals surface area (Å²) in [5, 5.41) is 12.5. The van der Waals surface area contributed by atoms with E-state index >= 15 is 0 Å². The van der Waals surface area contributed by atoms with E-state index in [2.05, 4.69) is 15.5 Å². The smallest absolute Gasteiger partial charge is 0.156 e. The van der Waals surface area contributed by atoms with Crippen LogP contribution < -0.4 is 5.32 Å². The summed E-state index contributed by atoms with van der Waals surface area (Å²) < 4.78 is 1.96. The van der Waals surface area contributed by atoms with Crippen molar-refractivity contribution in [1.29, 1.82) is 0 Å². The van der Waals surface area contributed by atoms with Crippen LogP contribution >= 0.6 is 11.8 Å². The highest BCUT2D eigenvalue weighted by atomic mass is 32.2. The highest BCUT2D eigenvalue weighted by Gasteiger charge is 2.36. The largest absolute Gasteiger partial charge is 0.364 e. The van der Waals surface area contributed by atoms with Gasteiger partial charge in [-0.25, -0.2) is 0 Å².